The Balaban J connectivity index is 1.39. The highest BCUT2D eigenvalue weighted by atomic mass is 35.5. The molecule has 0 amide bonds. The maximum Gasteiger partial charge on any atom is 0.0337 e. The lowest BCUT2D eigenvalue weighted by Gasteiger charge is -2.28. The van der Waals surface area contributed by atoms with Gasteiger partial charge in [-0.1, -0.05) is 55.7 Å². The molecule has 0 atom stereocenters. The second-order valence-electron chi connectivity index (χ2n) is 8.71. The molecule has 0 aromatic heterocycles. The second kappa shape index (κ2) is 11.0. The first kappa shape index (κ1) is 20.5. The summed E-state index contributed by atoms with van der Waals surface area (Å²) in [6.07, 6.45) is 17.5. The van der Waals surface area contributed by atoms with Crippen LogP contribution in [0.4, 0.5) is 0 Å². The van der Waals surface area contributed by atoms with Crippen LogP contribution in [0, 0.1) is 29.6 Å². The van der Waals surface area contributed by atoms with E-state index in [1.807, 2.05) is 0 Å². The zero-order valence-electron chi connectivity index (χ0n) is 16.8. The maximum atomic E-state index is 6.18. The smallest absolute Gasteiger partial charge is 0.0337 e. The Kier molecular flexibility index (Phi) is 8.34. The first-order valence-electron chi connectivity index (χ1n) is 11.1. The average molecular weight is 383 g/mol. The first-order chi connectivity index (χ1) is 13.2. The Morgan fingerprint density at radius 3 is 2.15 bits per heavy atom. The SMILES string of the molecule is C=CCCC1CCC(CCc2ccc(C#CC3CCC(Cl)CC3)cc2)CC1. The largest absolute Gasteiger partial charge is 0.123 e. The maximum absolute atomic E-state index is 6.18. The van der Waals surface area contributed by atoms with Crippen molar-refractivity contribution < 1.29 is 0 Å². The number of halogens is 1. The topological polar surface area (TPSA) is 0 Å². The molecule has 0 heterocycles. The van der Waals surface area contributed by atoms with E-state index < -0.39 is 0 Å². The van der Waals surface area contributed by atoms with Crippen LogP contribution < -0.4 is 0 Å². The van der Waals surface area contributed by atoms with E-state index in [4.69, 9.17) is 11.6 Å². The molecule has 1 heteroatoms. The molecule has 0 N–H and O–H groups in total. The minimum atomic E-state index is 0.379. The van der Waals surface area contributed by atoms with Gasteiger partial charge in [0.15, 0.2) is 0 Å². The third-order valence-corrected chi connectivity index (χ3v) is 7.05. The molecule has 1 aromatic carbocycles. The van der Waals surface area contributed by atoms with Gasteiger partial charge in [-0.3, -0.25) is 0 Å². The van der Waals surface area contributed by atoms with E-state index in [9.17, 15) is 0 Å². The molecular weight excluding hydrogens is 348 g/mol. The molecule has 0 saturated heterocycles. The standard InChI is InChI=1S/C26H35Cl/c1-2-3-4-21-5-7-22(8-6-21)9-10-23-11-13-24(14-12-23)15-16-25-17-19-26(27)20-18-25/h2,11-14,21-22,25-26H,1,3-10,17-20H2. The fourth-order valence-electron chi connectivity index (χ4n) is 4.67. The molecule has 0 radical (unpaired) electrons. The van der Waals surface area contributed by atoms with Gasteiger partial charge in [0.1, 0.15) is 0 Å². The lowest BCUT2D eigenvalue weighted by Crippen LogP contribution is -2.15. The van der Waals surface area contributed by atoms with Gasteiger partial charge in [-0.25, -0.2) is 0 Å². The Bertz CT molecular complexity index is 616. The van der Waals surface area contributed by atoms with Crippen molar-refractivity contribution in [2.24, 2.45) is 17.8 Å². The van der Waals surface area contributed by atoms with Crippen molar-refractivity contribution in [2.75, 3.05) is 0 Å². The van der Waals surface area contributed by atoms with Crippen molar-refractivity contribution in [3.63, 3.8) is 0 Å². The van der Waals surface area contributed by atoms with Crippen LogP contribution in [0.5, 0.6) is 0 Å². The Labute approximate surface area is 171 Å². The number of alkyl halides is 1. The average Bonchev–Trinajstić information content (AvgIpc) is 2.72. The number of hydrogen-bond donors (Lipinski definition) is 0. The quantitative estimate of drug-likeness (QED) is 0.271. The molecule has 2 saturated carbocycles. The lowest BCUT2D eigenvalue weighted by molar-refractivity contribution is 0.254. The van der Waals surface area contributed by atoms with Crippen LogP contribution in [-0.2, 0) is 6.42 Å². The van der Waals surface area contributed by atoms with Gasteiger partial charge in [0.05, 0.1) is 0 Å². The number of hydrogen-bond acceptors (Lipinski definition) is 0. The van der Waals surface area contributed by atoms with Gasteiger partial charge < -0.3 is 0 Å². The van der Waals surface area contributed by atoms with Gasteiger partial charge in [0.25, 0.3) is 0 Å². The third-order valence-electron chi connectivity index (χ3n) is 6.62. The van der Waals surface area contributed by atoms with Gasteiger partial charge >= 0.3 is 0 Å². The molecule has 27 heavy (non-hydrogen) atoms. The zero-order chi connectivity index (χ0) is 18.9. The van der Waals surface area contributed by atoms with E-state index >= 15 is 0 Å². The minimum Gasteiger partial charge on any atom is -0.123 e. The van der Waals surface area contributed by atoms with Crippen LogP contribution in [0.3, 0.4) is 0 Å². The number of benzene rings is 1. The predicted octanol–water partition coefficient (Wildman–Crippen LogP) is 7.54. The molecule has 2 fully saturated rings. The van der Waals surface area contributed by atoms with E-state index in [-0.39, 0.29) is 0 Å². The normalized spacial score (nSPS) is 28.2. The summed E-state index contributed by atoms with van der Waals surface area (Å²) in [5.74, 6) is 9.28. The van der Waals surface area contributed by atoms with Crippen molar-refractivity contribution in [3.8, 4) is 11.8 Å². The van der Waals surface area contributed by atoms with Gasteiger partial charge in [0.2, 0.25) is 0 Å². The summed E-state index contributed by atoms with van der Waals surface area (Å²) in [6, 6.07) is 8.99. The number of rotatable bonds is 6. The Hall–Kier alpha value is -1.19. The molecule has 1 aromatic rings. The molecule has 3 rings (SSSR count). The van der Waals surface area contributed by atoms with Crippen LogP contribution in [0.1, 0.15) is 81.8 Å². The van der Waals surface area contributed by atoms with Crippen LogP contribution >= 0.6 is 11.6 Å². The van der Waals surface area contributed by atoms with Crippen LogP contribution in [-0.4, -0.2) is 5.38 Å². The van der Waals surface area contributed by atoms with Crippen LogP contribution in [0.15, 0.2) is 36.9 Å². The van der Waals surface area contributed by atoms with Gasteiger partial charge in [0, 0.05) is 16.9 Å². The molecule has 2 aliphatic carbocycles. The highest BCUT2D eigenvalue weighted by Crippen LogP contribution is 2.34. The van der Waals surface area contributed by atoms with E-state index in [2.05, 4.69) is 48.8 Å². The van der Waals surface area contributed by atoms with E-state index in [0.717, 1.165) is 43.1 Å². The highest BCUT2D eigenvalue weighted by molar-refractivity contribution is 6.20. The molecule has 0 nitrogen and oxygen atoms in total. The molecule has 2 aliphatic rings. The Morgan fingerprint density at radius 2 is 1.52 bits per heavy atom. The van der Waals surface area contributed by atoms with E-state index in [1.54, 1.807) is 0 Å². The molecular formula is C26H35Cl. The predicted molar refractivity (Wildman–Crippen MR) is 118 cm³/mol. The highest BCUT2D eigenvalue weighted by Gasteiger charge is 2.20. The summed E-state index contributed by atoms with van der Waals surface area (Å²) in [7, 11) is 0. The minimum absolute atomic E-state index is 0.379. The van der Waals surface area contributed by atoms with Crippen LogP contribution in [0.25, 0.3) is 0 Å². The summed E-state index contributed by atoms with van der Waals surface area (Å²) in [5, 5.41) is 0.379. The molecule has 0 unspecified atom stereocenters. The molecule has 0 aliphatic heterocycles. The van der Waals surface area contributed by atoms with Crippen molar-refractivity contribution in [3.05, 3.63) is 48.0 Å². The van der Waals surface area contributed by atoms with Gasteiger partial charge in [-0.2, -0.15) is 0 Å². The monoisotopic (exact) mass is 382 g/mol. The fraction of sp³-hybridized carbons (Fsp3) is 0.615. The van der Waals surface area contributed by atoms with Gasteiger partial charge in [-0.15, -0.1) is 18.2 Å². The fourth-order valence-corrected chi connectivity index (χ4v) is 4.92. The van der Waals surface area contributed by atoms with E-state index in [1.165, 1.54) is 56.9 Å². The van der Waals surface area contributed by atoms with Crippen molar-refractivity contribution >= 4 is 11.6 Å². The Morgan fingerprint density at radius 1 is 0.889 bits per heavy atom. The zero-order valence-corrected chi connectivity index (χ0v) is 17.5. The summed E-state index contributed by atoms with van der Waals surface area (Å²) >= 11 is 6.18. The van der Waals surface area contributed by atoms with E-state index in [0.29, 0.717) is 11.3 Å². The summed E-state index contributed by atoms with van der Waals surface area (Å²) in [4.78, 5) is 0. The molecule has 0 spiro atoms. The summed E-state index contributed by atoms with van der Waals surface area (Å²) in [6.45, 7) is 3.85. The summed E-state index contributed by atoms with van der Waals surface area (Å²) < 4.78 is 0. The van der Waals surface area contributed by atoms with Crippen molar-refractivity contribution in [1.82, 2.24) is 0 Å². The van der Waals surface area contributed by atoms with Gasteiger partial charge in [-0.05, 0) is 80.9 Å². The number of allylic oxidation sites excluding steroid dienone is 1. The van der Waals surface area contributed by atoms with Crippen molar-refractivity contribution in [1.29, 1.82) is 0 Å². The number of aryl methyl sites for hydroxylation is 1. The van der Waals surface area contributed by atoms with Crippen molar-refractivity contribution in [2.45, 2.75) is 82.4 Å². The third kappa shape index (κ3) is 7.04. The van der Waals surface area contributed by atoms with Crippen LogP contribution in [0.2, 0.25) is 0 Å². The first-order valence-corrected chi connectivity index (χ1v) is 11.5. The molecule has 146 valence electrons. The molecule has 0 bridgehead atoms. The second-order valence-corrected chi connectivity index (χ2v) is 9.32. The lowest BCUT2D eigenvalue weighted by atomic mass is 9.78. The summed E-state index contributed by atoms with van der Waals surface area (Å²) in [5.41, 5.74) is 2.63.